The van der Waals surface area contributed by atoms with Gasteiger partial charge in [-0.2, -0.15) is 0 Å². The molecule has 0 aliphatic carbocycles. The number of benzene rings is 3. The summed E-state index contributed by atoms with van der Waals surface area (Å²) in [5, 5.41) is 6.22. The lowest BCUT2D eigenvalue weighted by atomic mass is 10.1. The van der Waals surface area contributed by atoms with Crippen LogP contribution in [0.2, 0.25) is 5.02 Å². The molecule has 0 heterocycles. The number of halogens is 1. The lowest BCUT2D eigenvalue weighted by Gasteiger charge is -2.12. The number of carbonyl (C=O) groups excluding carboxylic acids is 3. The van der Waals surface area contributed by atoms with E-state index in [1.54, 1.807) is 43.3 Å². The Kier molecular flexibility index (Phi) is 7.83. The van der Waals surface area contributed by atoms with Crippen molar-refractivity contribution in [3.8, 4) is 5.75 Å². The van der Waals surface area contributed by atoms with Crippen LogP contribution in [-0.4, -0.2) is 24.6 Å². The third-order valence-corrected chi connectivity index (χ3v) is 4.64. The van der Waals surface area contributed by atoms with Crippen LogP contribution in [-0.2, 0) is 11.3 Å². The highest BCUT2D eigenvalue weighted by molar-refractivity contribution is 6.30. The second-order valence-electron chi connectivity index (χ2n) is 6.61. The van der Waals surface area contributed by atoms with E-state index in [1.807, 2.05) is 12.1 Å². The summed E-state index contributed by atoms with van der Waals surface area (Å²) >= 11 is 5.85. The topological polar surface area (TPSA) is 93.7 Å². The Bertz CT molecular complexity index is 1100. The third kappa shape index (κ3) is 6.33. The maximum absolute atomic E-state index is 12.7. The summed E-state index contributed by atoms with van der Waals surface area (Å²) in [6, 6.07) is 19.8. The monoisotopic (exact) mass is 452 g/mol. The van der Waals surface area contributed by atoms with Gasteiger partial charge < -0.3 is 20.1 Å². The van der Waals surface area contributed by atoms with Gasteiger partial charge in [-0.15, -0.1) is 0 Å². The van der Waals surface area contributed by atoms with E-state index in [2.05, 4.69) is 10.6 Å². The molecule has 0 saturated heterocycles. The summed E-state index contributed by atoms with van der Waals surface area (Å²) in [5.74, 6) is -0.325. The fourth-order valence-corrected chi connectivity index (χ4v) is 2.91. The Morgan fingerprint density at radius 2 is 1.47 bits per heavy atom. The molecule has 3 aromatic carbocycles. The molecule has 0 fully saturated rings. The Morgan fingerprint density at radius 3 is 2.16 bits per heavy atom. The van der Waals surface area contributed by atoms with Gasteiger partial charge in [0.2, 0.25) is 0 Å². The van der Waals surface area contributed by atoms with Crippen molar-refractivity contribution in [2.45, 2.75) is 13.5 Å². The second kappa shape index (κ2) is 11.0. The van der Waals surface area contributed by atoms with Gasteiger partial charge in [0, 0.05) is 28.4 Å². The molecule has 7 nitrogen and oxygen atoms in total. The molecule has 3 rings (SSSR count). The number of anilines is 1. The first-order chi connectivity index (χ1) is 15.5. The first-order valence-corrected chi connectivity index (χ1v) is 10.2. The summed E-state index contributed by atoms with van der Waals surface area (Å²) < 4.78 is 9.70. The van der Waals surface area contributed by atoms with E-state index in [9.17, 15) is 14.4 Å². The first kappa shape index (κ1) is 22.8. The minimum Gasteiger partial charge on any atom is -0.434 e. The van der Waals surface area contributed by atoms with Crippen molar-refractivity contribution in [1.82, 2.24) is 5.32 Å². The average Bonchev–Trinajstić information content (AvgIpc) is 2.79. The first-order valence-electron chi connectivity index (χ1n) is 9.84. The molecule has 0 radical (unpaired) electrons. The Hall–Kier alpha value is -3.84. The van der Waals surface area contributed by atoms with Crippen LogP contribution in [0.4, 0.5) is 10.5 Å². The van der Waals surface area contributed by atoms with Gasteiger partial charge in [-0.3, -0.25) is 9.59 Å². The molecule has 0 aliphatic rings. The van der Waals surface area contributed by atoms with Crippen LogP contribution < -0.4 is 15.4 Å². The van der Waals surface area contributed by atoms with Crippen molar-refractivity contribution in [1.29, 1.82) is 0 Å². The molecule has 0 atom stereocenters. The molecule has 0 aliphatic heterocycles. The lowest BCUT2D eigenvalue weighted by molar-refractivity contribution is 0.0949. The zero-order valence-electron chi connectivity index (χ0n) is 17.3. The normalized spacial score (nSPS) is 10.2. The van der Waals surface area contributed by atoms with Gasteiger partial charge in [-0.1, -0.05) is 29.8 Å². The average molecular weight is 453 g/mol. The van der Waals surface area contributed by atoms with Gasteiger partial charge in [0.15, 0.2) is 0 Å². The van der Waals surface area contributed by atoms with E-state index in [-0.39, 0.29) is 30.7 Å². The van der Waals surface area contributed by atoms with Crippen LogP contribution in [0.3, 0.4) is 0 Å². The number of nitrogens with one attached hydrogen (secondary N) is 2. The standard InChI is InChI=1S/C24H21ClN2O5/c1-2-31-24(30)32-20-13-9-17(10-14-20)23(29)27-21-6-4-3-5-18(21)15-26-22(28)16-7-11-19(25)12-8-16/h3-14H,2,15H2,1H3,(H,26,28)(H,27,29). The van der Waals surface area contributed by atoms with Crippen LogP contribution in [0.5, 0.6) is 5.75 Å². The zero-order chi connectivity index (χ0) is 22.9. The fourth-order valence-electron chi connectivity index (χ4n) is 2.79. The van der Waals surface area contributed by atoms with Gasteiger partial charge in [-0.05, 0) is 67.1 Å². The molecule has 0 unspecified atom stereocenters. The van der Waals surface area contributed by atoms with Crippen LogP contribution in [0, 0.1) is 0 Å². The minimum absolute atomic E-state index is 0.207. The summed E-state index contributed by atoms with van der Waals surface area (Å²) in [6.07, 6.45) is -0.806. The predicted molar refractivity (Wildman–Crippen MR) is 121 cm³/mol. The van der Waals surface area contributed by atoms with E-state index < -0.39 is 6.16 Å². The van der Waals surface area contributed by atoms with E-state index in [0.717, 1.165) is 5.56 Å². The van der Waals surface area contributed by atoms with Gasteiger partial charge in [0.05, 0.1) is 6.61 Å². The predicted octanol–water partition coefficient (Wildman–Crippen LogP) is 5.06. The molecular formula is C24H21ClN2O5. The highest BCUT2D eigenvalue weighted by atomic mass is 35.5. The molecule has 3 aromatic rings. The molecular weight excluding hydrogens is 432 g/mol. The molecule has 0 aromatic heterocycles. The molecule has 164 valence electrons. The molecule has 2 N–H and O–H groups in total. The largest absolute Gasteiger partial charge is 0.513 e. The highest BCUT2D eigenvalue weighted by Crippen LogP contribution is 2.18. The summed E-state index contributed by atoms with van der Waals surface area (Å²) in [6.45, 7) is 2.11. The van der Waals surface area contributed by atoms with E-state index >= 15 is 0 Å². The highest BCUT2D eigenvalue weighted by Gasteiger charge is 2.12. The maximum Gasteiger partial charge on any atom is 0.513 e. The van der Waals surface area contributed by atoms with E-state index in [1.165, 1.54) is 24.3 Å². The molecule has 0 bridgehead atoms. The van der Waals surface area contributed by atoms with Gasteiger partial charge in [0.25, 0.3) is 11.8 Å². The van der Waals surface area contributed by atoms with Crippen molar-refractivity contribution in [2.75, 3.05) is 11.9 Å². The van der Waals surface area contributed by atoms with Gasteiger partial charge in [0.1, 0.15) is 5.75 Å². The van der Waals surface area contributed by atoms with Crippen molar-refractivity contribution >= 4 is 35.3 Å². The Balaban J connectivity index is 1.62. The number of rotatable bonds is 7. The summed E-state index contributed by atoms with van der Waals surface area (Å²) in [5.41, 5.74) is 2.17. The number of amides is 2. The SMILES string of the molecule is CCOC(=O)Oc1ccc(C(=O)Nc2ccccc2CNC(=O)c2ccc(Cl)cc2)cc1. The number of para-hydroxylation sites is 1. The minimum atomic E-state index is -0.806. The maximum atomic E-state index is 12.7. The molecule has 2 amide bonds. The lowest BCUT2D eigenvalue weighted by Crippen LogP contribution is -2.23. The van der Waals surface area contributed by atoms with Crippen molar-refractivity contribution in [3.63, 3.8) is 0 Å². The molecule has 32 heavy (non-hydrogen) atoms. The van der Waals surface area contributed by atoms with E-state index in [4.69, 9.17) is 21.1 Å². The van der Waals surface area contributed by atoms with Crippen LogP contribution in [0.1, 0.15) is 33.2 Å². The van der Waals surface area contributed by atoms with Crippen LogP contribution in [0.25, 0.3) is 0 Å². The quantitative estimate of drug-likeness (QED) is 0.386. The molecule has 0 spiro atoms. The summed E-state index contributed by atoms with van der Waals surface area (Å²) in [4.78, 5) is 36.4. The Labute approximate surface area is 190 Å². The fraction of sp³-hybridized carbons (Fsp3) is 0.125. The smallest absolute Gasteiger partial charge is 0.434 e. The second-order valence-corrected chi connectivity index (χ2v) is 7.05. The summed E-state index contributed by atoms with van der Waals surface area (Å²) in [7, 11) is 0. The zero-order valence-corrected chi connectivity index (χ0v) is 18.0. The number of hydrogen-bond acceptors (Lipinski definition) is 5. The van der Waals surface area contributed by atoms with Gasteiger partial charge >= 0.3 is 6.16 Å². The van der Waals surface area contributed by atoms with E-state index in [0.29, 0.717) is 21.8 Å². The molecule has 8 heteroatoms. The van der Waals surface area contributed by atoms with Crippen LogP contribution >= 0.6 is 11.6 Å². The number of hydrogen-bond donors (Lipinski definition) is 2. The van der Waals surface area contributed by atoms with Crippen LogP contribution in [0.15, 0.2) is 72.8 Å². The van der Waals surface area contributed by atoms with Crippen molar-refractivity contribution in [3.05, 3.63) is 94.5 Å². The third-order valence-electron chi connectivity index (χ3n) is 4.39. The number of ether oxygens (including phenoxy) is 2. The van der Waals surface area contributed by atoms with Gasteiger partial charge in [-0.25, -0.2) is 4.79 Å². The van der Waals surface area contributed by atoms with Crippen molar-refractivity contribution in [2.24, 2.45) is 0 Å². The molecule has 0 saturated carbocycles. The van der Waals surface area contributed by atoms with Crippen molar-refractivity contribution < 1.29 is 23.9 Å². The Morgan fingerprint density at radius 1 is 0.844 bits per heavy atom. The number of carbonyl (C=O) groups is 3.